The van der Waals surface area contributed by atoms with Crippen molar-refractivity contribution in [3.05, 3.63) is 34.3 Å². The molecule has 1 aromatic carbocycles. The predicted molar refractivity (Wildman–Crippen MR) is 35.3 cm³/mol. The van der Waals surface area contributed by atoms with Crippen LogP contribution < -0.4 is 18.9 Å². The van der Waals surface area contributed by atoms with Gasteiger partial charge in [-0.2, -0.15) is 18.2 Å². The van der Waals surface area contributed by atoms with Gasteiger partial charge in [-0.15, -0.1) is 29.3 Å². The fraction of sp³-hybridized carbons (Fsp3) is 0. The Morgan fingerprint density at radius 3 is 1.78 bits per heavy atom. The Labute approximate surface area is 76.3 Å². The average Bonchev–Trinajstić information content (AvgIpc) is 1.64. The molecular formula is C6H3Cl2Li. The van der Waals surface area contributed by atoms with E-state index in [1.807, 2.05) is 0 Å². The van der Waals surface area contributed by atoms with E-state index < -0.39 is 0 Å². The van der Waals surface area contributed by atoms with Gasteiger partial charge >= 0.3 is 18.9 Å². The van der Waals surface area contributed by atoms with Crippen molar-refractivity contribution in [2.24, 2.45) is 0 Å². The Bertz CT molecular complexity index is 171. The molecule has 0 radical (unpaired) electrons. The fourth-order valence-corrected chi connectivity index (χ4v) is 0.812. The molecule has 0 aliphatic carbocycles. The van der Waals surface area contributed by atoms with E-state index in [1.54, 1.807) is 18.2 Å². The van der Waals surface area contributed by atoms with Crippen LogP contribution in [0.3, 0.4) is 0 Å². The maximum absolute atomic E-state index is 5.50. The zero-order chi connectivity index (χ0) is 5.98. The second kappa shape index (κ2) is 4.25. The second-order valence-corrected chi connectivity index (χ2v) is 2.16. The summed E-state index contributed by atoms with van der Waals surface area (Å²) < 4.78 is 0. The summed E-state index contributed by atoms with van der Waals surface area (Å²) in [5.74, 6) is 0. The predicted octanol–water partition coefficient (Wildman–Crippen LogP) is -0.202. The van der Waals surface area contributed by atoms with Crippen LogP contribution in [0.15, 0.2) is 18.2 Å². The normalized spacial score (nSPS) is 8.22. The van der Waals surface area contributed by atoms with Crippen molar-refractivity contribution >= 4 is 23.2 Å². The van der Waals surface area contributed by atoms with Crippen LogP contribution in [0.25, 0.3) is 0 Å². The first-order valence-corrected chi connectivity index (χ1v) is 2.88. The smallest absolute Gasteiger partial charge is 0.170 e. The van der Waals surface area contributed by atoms with E-state index in [2.05, 4.69) is 6.07 Å². The fourth-order valence-electron chi connectivity index (χ4n) is 0.414. The molecule has 0 saturated carbocycles. The molecule has 0 heterocycles. The molecule has 9 heavy (non-hydrogen) atoms. The molecule has 0 aromatic heterocycles. The van der Waals surface area contributed by atoms with E-state index in [4.69, 9.17) is 23.2 Å². The molecular weight excluding hydrogens is 150 g/mol. The summed E-state index contributed by atoms with van der Waals surface area (Å²) in [5.41, 5.74) is 0. The minimum absolute atomic E-state index is 0. The summed E-state index contributed by atoms with van der Waals surface area (Å²) in [5, 5.41) is 1.11. The van der Waals surface area contributed by atoms with Gasteiger partial charge in [0.2, 0.25) is 0 Å². The summed E-state index contributed by atoms with van der Waals surface area (Å²) in [4.78, 5) is 0. The van der Waals surface area contributed by atoms with Crippen molar-refractivity contribution in [2.75, 3.05) is 0 Å². The number of halogens is 2. The van der Waals surface area contributed by atoms with Gasteiger partial charge in [0.1, 0.15) is 0 Å². The van der Waals surface area contributed by atoms with E-state index in [9.17, 15) is 0 Å². The Morgan fingerprint density at radius 2 is 1.56 bits per heavy atom. The zero-order valence-electron chi connectivity index (χ0n) is 4.99. The van der Waals surface area contributed by atoms with Gasteiger partial charge in [0.25, 0.3) is 0 Å². The molecule has 0 amide bonds. The average molecular weight is 153 g/mol. The number of hydrogen-bond acceptors (Lipinski definition) is 0. The van der Waals surface area contributed by atoms with Crippen molar-refractivity contribution < 1.29 is 18.9 Å². The van der Waals surface area contributed by atoms with Gasteiger partial charge in [0, 0.05) is 0 Å². The minimum Gasteiger partial charge on any atom is -0.170 e. The molecule has 1 aromatic rings. The van der Waals surface area contributed by atoms with Crippen LogP contribution in [0.2, 0.25) is 10.0 Å². The molecule has 0 aliphatic heterocycles. The van der Waals surface area contributed by atoms with Crippen molar-refractivity contribution in [3.8, 4) is 0 Å². The van der Waals surface area contributed by atoms with Crippen molar-refractivity contribution in [1.82, 2.24) is 0 Å². The van der Waals surface area contributed by atoms with Crippen LogP contribution in [0, 0.1) is 6.07 Å². The van der Waals surface area contributed by atoms with Crippen molar-refractivity contribution in [3.63, 3.8) is 0 Å². The molecule has 0 aliphatic rings. The van der Waals surface area contributed by atoms with E-state index in [-0.39, 0.29) is 18.9 Å². The molecule has 0 nitrogen and oxygen atoms in total. The molecule has 0 bridgehead atoms. The zero-order valence-corrected chi connectivity index (χ0v) is 6.50. The number of rotatable bonds is 0. The van der Waals surface area contributed by atoms with Gasteiger partial charge in [-0.3, -0.25) is 0 Å². The van der Waals surface area contributed by atoms with Gasteiger partial charge in [-0.25, -0.2) is 0 Å². The first kappa shape index (κ1) is 9.40. The van der Waals surface area contributed by atoms with Gasteiger partial charge in [-0.1, -0.05) is 10.0 Å². The molecule has 0 atom stereocenters. The summed E-state index contributed by atoms with van der Waals surface area (Å²) in [6.45, 7) is 0. The summed E-state index contributed by atoms with van der Waals surface area (Å²) in [7, 11) is 0. The monoisotopic (exact) mass is 152 g/mol. The van der Waals surface area contributed by atoms with Crippen LogP contribution >= 0.6 is 23.2 Å². The molecule has 0 unspecified atom stereocenters. The number of benzene rings is 1. The Kier molecular flexibility index (Phi) is 4.44. The third kappa shape index (κ3) is 3.18. The van der Waals surface area contributed by atoms with Crippen molar-refractivity contribution in [1.29, 1.82) is 0 Å². The van der Waals surface area contributed by atoms with Crippen molar-refractivity contribution in [2.45, 2.75) is 0 Å². The molecule has 0 spiro atoms. The summed E-state index contributed by atoms with van der Waals surface area (Å²) in [6, 6.07) is 7.94. The van der Waals surface area contributed by atoms with Gasteiger partial charge in [-0.05, 0) is 0 Å². The minimum atomic E-state index is 0. The standard InChI is InChI=1S/C6H3Cl2.Li/c7-5-2-1-3-6(8)4-5;/h1-3H;/q-1;+1. The maximum Gasteiger partial charge on any atom is 1.00 e. The van der Waals surface area contributed by atoms with Gasteiger partial charge in [0.05, 0.1) is 0 Å². The molecule has 3 heteroatoms. The Morgan fingerprint density at radius 1 is 1.11 bits per heavy atom. The molecule has 0 fully saturated rings. The first-order valence-electron chi connectivity index (χ1n) is 2.12. The molecule has 0 saturated heterocycles. The maximum atomic E-state index is 5.50. The topological polar surface area (TPSA) is 0 Å². The van der Waals surface area contributed by atoms with Crippen LogP contribution in [0.4, 0.5) is 0 Å². The van der Waals surface area contributed by atoms with Gasteiger partial charge in [0.15, 0.2) is 0 Å². The van der Waals surface area contributed by atoms with Gasteiger partial charge < -0.3 is 0 Å². The first-order chi connectivity index (χ1) is 3.79. The van der Waals surface area contributed by atoms with Crippen LogP contribution in [-0.4, -0.2) is 0 Å². The largest absolute Gasteiger partial charge is 1.00 e. The van der Waals surface area contributed by atoms with E-state index >= 15 is 0 Å². The summed E-state index contributed by atoms with van der Waals surface area (Å²) >= 11 is 11.0. The quantitative estimate of drug-likeness (QED) is 0.357. The van der Waals surface area contributed by atoms with Crippen LogP contribution in [-0.2, 0) is 0 Å². The SMILES string of the molecule is Clc1[c-]c(Cl)ccc1.[Li+]. The van der Waals surface area contributed by atoms with E-state index in [1.165, 1.54) is 0 Å². The number of hydrogen-bond donors (Lipinski definition) is 0. The summed E-state index contributed by atoms with van der Waals surface area (Å²) in [6.07, 6.45) is 0. The second-order valence-electron chi connectivity index (χ2n) is 1.35. The third-order valence-corrected chi connectivity index (χ3v) is 1.16. The Balaban J connectivity index is 0.000000640. The molecule has 1 rings (SSSR count). The van der Waals surface area contributed by atoms with Crippen LogP contribution in [0.1, 0.15) is 0 Å². The third-order valence-electron chi connectivity index (χ3n) is 0.724. The molecule has 0 N–H and O–H groups in total. The van der Waals surface area contributed by atoms with Crippen LogP contribution in [0.5, 0.6) is 0 Å². The molecule has 42 valence electrons. The van der Waals surface area contributed by atoms with E-state index in [0.29, 0.717) is 10.0 Å². The van der Waals surface area contributed by atoms with E-state index in [0.717, 1.165) is 0 Å². The Hall–Kier alpha value is 0.397.